The minimum Gasteiger partial charge on any atom is -0.497 e. The van der Waals surface area contributed by atoms with Gasteiger partial charge in [0.1, 0.15) is 5.75 Å². The molecular formula is C15H21N3OS. The first-order valence-electron chi connectivity index (χ1n) is 7.20. The highest BCUT2D eigenvalue weighted by molar-refractivity contribution is 7.99. The highest BCUT2D eigenvalue weighted by Crippen LogP contribution is 2.35. The van der Waals surface area contributed by atoms with E-state index in [2.05, 4.69) is 22.2 Å². The molecule has 108 valence electrons. The molecule has 1 atom stereocenters. The Labute approximate surface area is 123 Å². The zero-order valence-electron chi connectivity index (χ0n) is 12.0. The van der Waals surface area contributed by atoms with E-state index in [-0.39, 0.29) is 0 Å². The molecule has 3 rings (SSSR count). The van der Waals surface area contributed by atoms with Crippen molar-refractivity contribution in [1.29, 1.82) is 0 Å². The standard InChI is InChI=1S/C15H21N3OS/c1-3-16-14(10-4-5-10)9-20-15-17-12-7-6-11(19-2)8-13(12)18-15/h6-8,10,14,16H,3-5,9H2,1-2H3,(H,17,18). The molecule has 2 N–H and O–H groups in total. The fourth-order valence-corrected chi connectivity index (χ4v) is 3.52. The minimum atomic E-state index is 0.618. The summed E-state index contributed by atoms with van der Waals surface area (Å²) in [7, 11) is 1.68. The molecule has 4 nitrogen and oxygen atoms in total. The van der Waals surface area contributed by atoms with Crippen LogP contribution in [0.4, 0.5) is 0 Å². The summed E-state index contributed by atoms with van der Waals surface area (Å²) in [5.41, 5.74) is 2.04. The van der Waals surface area contributed by atoms with Crippen molar-refractivity contribution in [1.82, 2.24) is 15.3 Å². The van der Waals surface area contributed by atoms with Gasteiger partial charge in [-0.2, -0.15) is 0 Å². The van der Waals surface area contributed by atoms with Crippen molar-refractivity contribution in [3.05, 3.63) is 18.2 Å². The van der Waals surface area contributed by atoms with Gasteiger partial charge >= 0.3 is 0 Å². The number of benzene rings is 1. The smallest absolute Gasteiger partial charge is 0.166 e. The van der Waals surface area contributed by atoms with Crippen LogP contribution >= 0.6 is 11.8 Å². The summed E-state index contributed by atoms with van der Waals surface area (Å²) in [6, 6.07) is 6.56. The zero-order chi connectivity index (χ0) is 13.9. The number of aromatic nitrogens is 2. The molecule has 1 aliphatic carbocycles. The number of hydrogen-bond acceptors (Lipinski definition) is 4. The van der Waals surface area contributed by atoms with Crippen LogP contribution in [0.5, 0.6) is 5.75 Å². The molecule has 0 bridgehead atoms. The number of aromatic amines is 1. The van der Waals surface area contributed by atoms with Crippen molar-refractivity contribution in [2.75, 3.05) is 19.4 Å². The molecule has 1 fully saturated rings. The lowest BCUT2D eigenvalue weighted by molar-refractivity contribution is 0.415. The quantitative estimate of drug-likeness (QED) is 0.770. The molecule has 2 aromatic rings. The second-order valence-electron chi connectivity index (χ2n) is 5.24. The van der Waals surface area contributed by atoms with Gasteiger partial charge in [0.15, 0.2) is 5.16 Å². The maximum Gasteiger partial charge on any atom is 0.166 e. The molecule has 1 heterocycles. The highest BCUT2D eigenvalue weighted by Gasteiger charge is 2.30. The summed E-state index contributed by atoms with van der Waals surface area (Å²) in [5, 5.41) is 4.58. The lowest BCUT2D eigenvalue weighted by atomic mass is 10.2. The van der Waals surface area contributed by atoms with Crippen LogP contribution in [0.1, 0.15) is 19.8 Å². The van der Waals surface area contributed by atoms with Crippen LogP contribution in [0.15, 0.2) is 23.4 Å². The van der Waals surface area contributed by atoms with Crippen LogP contribution in [0.2, 0.25) is 0 Å². The van der Waals surface area contributed by atoms with Gasteiger partial charge in [0.05, 0.1) is 18.1 Å². The number of imidazole rings is 1. The Bertz CT molecular complexity index is 580. The Morgan fingerprint density at radius 2 is 2.35 bits per heavy atom. The minimum absolute atomic E-state index is 0.618. The van der Waals surface area contributed by atoms with Crippen LogP contribution in [-0.4, -0.2) is 35.4 Å². The average Bonchev–Trinajstić information content (AvgIpc) is 3.22. The van der Waals surface area contributed by atoms with E-state index in [9.17, 15) is 0 Å². The second-order valence-corrected chi connectivity index (χ2v) is 6.25. The van der Waals surface area contributed by atoms with Crippen molar-refractivity contribution < 1.29 is 4.74 Å². The van der Waals surface area contributed by atoms with E-state index < -0.39 is 0 Å². The van der Waals surface area contributed by atoms with Gasteiger partial charge in [0.25, 0.3) is 0 Å². The van der Waals surface area contributed by atoms with E-state index in [4.69, 9.17) is 4.74 Å². The fourth-order valence-electron chi connectivity index (χ4n) is 2.45. The van der Waals surface area contributed by atoms with E-state index in [1.165, 1.54) is 12.8 Å². The predicted molar refractivity (Wildman–Crippen MR) is 83.6 cm³/mol. The fraction of sp³-hybridized carbons (Fsp3) is 0.533. The number of rotatable bonds is 7. The van der Waals surface area contributed by atoms with E-state index in [0.717, 1.165) is 40.2 Å². The number of ether oxygens (including phenoxy) is 1. The Kier molecular flexibility index (Phi) is 4.17. The SMILES string of the molecule is CCNC(CSc1nc2ccc(OC)cc2[nH]1)C1CC1. The number of nitrogens with one attached hydrogen (secondary N) is 2. The van der Waals surface area contributed by atoms with Crippen LogP contribution < -0.4 is 10.1 Å². The largest absolute Gasteiger partial charge is 0.497 e. The number of H-pyrrole nitrogens is 1. The molecule has 1 aromatic carbocycles. The second kappa shape index (κ2) is 6.06. The van der Waals surface area contributed by atoms with Crippen molar-refractivity contribution in [3.8, 4) is 5.75 Å². The van der Waals surface area contributed by atoms with Crippen LogP contribution in [0.25, 0.3) is 11.0 Å². The molecule has 0 aliphatic heterocycles. The first-order valence-corrected chi connectivity index (χ1v) is 8.18. The van der Waals surface area contributed by atoms with Gasteiger partial charge in [0, 0.05) is 17.9 Å². The third-order valence-corrected chi connectivity index (χ3v) is 4.72. The van der Waals surface area contributed by atoms with E-state index in [0.29, 0.717) is 6.04 Å². The van der Waals surface area contributed by atoms with Crippen molar-refractivity contribution in [2.24, 2.45) is 5.92 Å². The molecule has 0 spiro atoms. The molecule has 0 radical (unpaired) electrons. The number of hydrogen-bond donors (Lipinski definition) is 2. The molecule has 1 saturated carbocycles. The summed E-state index contributed by atoms with van der Waals surface area (Å²) < 4.78 is 5.24. The summed E-state index contributed by atoms with van der Waals surface area (Å²) in [6.45, 7) is 3.21. The molecule has 5 heteroatoms. The van der Waals surface area contributed by atoms with Gasteiger partial charge in [0.2, 0.25) is 0 Å². The molecule has 0 saturated heterocycles. The van der Waals surface area contributed by atoms with Crippen molar-refractivity contribution in [2.45, 2.75) is 31.0 Å². The molecular weight excluding hydrogens is 270 g/mol. The normalized spacial score (nSPS) is 16.5. The third kappa shape index (κ3) is 3.10. The van der Waals surface area contributed by atoms with Gasteiger partial charge < -0.3 is 15.0 Å². The van der Waals surface area contributed by atoms with Gasteiger partial charge in [-0.25, -0.2) is 4.98 Å². The highest BCUT2D eigenvalue weighted by atomic mass is 32.2. The Hall–Kier alpha value is -1.20. The van der Waals surface area contributed by atoms with Gasteiger partial charge in [-0.05, 0) is 37.4 Å². The van der Waals surface area contributed by atoms with Gasteiger partial charge in [-0.1, -0.05) is 18.7 Å². The first-order chi connectivity index (χ1) is 9.80. The van der Waals surface area contributed by atoms with E-state index in [1.807, 2.05) is 18.2 Å². The molecule has 20 heavy (non-hydrogen) atoms. The number of nitrogens with zero attached hydrogens (tertiary/aromatic N) is 1. The van der Waals surface area contributed by atoms with Gasteiger partial charge in [-0.15, -0.1) is 0 Å². The van der Waals surface area contributed by atoms with Crippen LogP contribution in [-0.2, 0) is 0 Å². The topological polar surface area (TPSA) is 49.9 Å². The summed E-state index contributed by atoms with van der Waals surface area (Å²) in [5.74, 6) is 2.81. The Morgan fingerprint density at radius 1 is 1.50 bits per heavy atom. The third-order valence-electron chi connectivity index (χ3n) is 3.72. The Balaban J connectivity index is 1.67. The Morgan fingerprint density at radius 3 is 3.05 bits per heavy atom. The predicted octanol–water partition coefficient (Wildman–Crippen LogP) is 3.05. The summed E-state index contributed by atoms with van der Waals surface area (Å²) in [4.78, 5) is 8.00. The molecule has 1 aliphatic rings. The lowest BCUT2D eigenvalue weighted by Crippen LogP contribution is -2.33. The summed E-state index contributed by atoms with van der Waals surface area (Å²) >= 11 is 1.81. The van der Waals surface area contributed by atoms with Gasteiger partial charge in [-0.3, -0.25) is 0 Å². The van der Waals surface area contributed by atoms with E-state index in [1.54, 1.807) is 18.9 Å². The van der Waals surface area contributed by atoms with Crippen molar-refractivity contribution in [3.63, 3.8) is 0 Å². The lowest BCUT2D eigenvalue weighted by Gasteiger charge is -2.15. The maximum absolute atomic E-state index is 5.24. The number of fused-ring (bicyclic) bond motifs is 1. The maximum atomic E-state index is 5.24. The molecule has 1 unspecified atom stereocenters. The number of thioether (sulfide) groups is 1. The van der Waals surface area contributed by atoms with Crippen LogP contribution in [0, 0.1) is 5.92 Å². The van der Waals surface area contributed by atoms with Crippen molar-refractivity contribution >= 4 is 22.8 Å². The summed E-state index contributed by atoms with van der Waals surface area (Å²) in [6.07, 6.45) is 2.74. The molecule has 0 amide bonds. The average molecular weight is 291 g/mol. The monoisotopic (exact) mass is 291 g/mol. The molecule has 1 aromatic heterocycles. The first kappa shape index (κ1) is 13.8. The zero-order valence-corrected chi connectivity index (χ0v) is 12.8. The van der Waals surface area contributed by atoms with Crippen LogP contribution in [0.3, 0.4) is 0 Å². The number of methoxy groups -OCH3 is 1. The van der Waals surface area contributed by atoms with E-state index >= 15 is 0 Å².